The van der Waals surface area contributed by atoms with Crippen LogP contribution in [-0.2, 0) is 9.84 Å². The minimum Gasteiger partial charge on any atom is -0.374 e. The molecule has 0 bridgehead atoms. The molecule has 4 rings (SSSR count). The molecule has 4 atom stereocenters. The maximum absolute atomic E-state index is 13.2. The van der Waals surface area contributed by atoms with Gasteiger partial charge in [-0.3, -0.25) is 5.32 Å². The molecule has 4 unspecified atom stereocenters. The zero-order chi connectivity index (χ0) is 26.4. The van der Waals surface area contributed by atoms with Crippen molar-refractivity contribution in [2.24, 2.45) is 11.7 Å². The summed E-state index contributed by atoms with van der Waals surface area (Å²) in [6, 6.07) is 23.4. The molecule has 5 N–H and O–H groups in total. The first-order valence-electron chi connectivity index (χ1n) is 11.8. The summed E-state index contributed by atoms with van der Waals surface area (Å²) >= 11 is 0. The number of aliphatic hydroxyl groups is 1. The van der Waals surface area contributed by atoms with Crippen molar-refractivity contribution >= 4 is 15.5 Å². The fourth-order valence-corrected chi connectivity index (χ4v) is 5.49. The average molecular weight is 514 g/mol. The normalized spacial score (nSPS) is 18.8. The van der Waals surface area contributed by atoms with Gasteiger partial charge in [-0.1, -0.05) is 48.6 Å². The second kappa shape index (κ2) is 11.4. The van der Waals surface area contributed by atoms with Crippen LogP contribution in [0.4, 0.5) is 5.69 Å². The summed E-state index contributed by atoms with van der Waals surface area (Å²) in [7, 11) is -3.79. The summed E-state index contributed by atoms with van der Waals surface area (Å²) in [5, 5.41) is 35.3. The Labute approximate surface area is 216 Å². The molecule has 37 heavy (non-hydrogen) atoms. The molecular formula is C28H27N5O3S. The molecule has 1 aliphatic carbocycles. The predicted molar refractivity (Wildman–Crippen MR) is 139 cm³/mol. The lowest BCUT2D eigenvalue weighted by Gasteiger charge is -2.27. The van der Waals surface area contributed by atoms with E-state index in [4.69, 9.17) is 5.73 Å². The number of anilines is 1. The number of nitrogens with one attached hydrogen (secondary N) is 2. The summed E-state index contributed by atoms with van der Waals surface area (Å²) in [4.78, 5) is 0.204. The summed E-state index contributed by atoms with van der Waals surface area (Å²) in [5.74, 6) is -0.324. The Morgan fingerprint density at radius 2 is 1.57 bits per heavy atom. The topological polar surface area (TPSA) is 152 Å². The molecule has 0 aliphatic heterocycles. The largest absolute Gasteiger partial charge is 0.374 e. The van der Waals surface area contributed by atoms with E-state index >= 15 is 0 Å². The van der Waals surface area contributed by atoms with Crippen LogP contribution in [0.2, 0.25) is 0 Å². The summed E-state index contributed by atoms with van der Waals surface area (Å²) < 4.78 is 26.3. The van der Waals surface area contributed by atoms with Crippen LogP contribution in [-0.4, -0.2) is 19.6 Å². The second-order valence-electron chi connectivity index (χ2n) is 8.76. The number of aliphatic hydroxyl groups excluding tert-OH is 1. The first-order valence-corrected chi connectivity index (χ1v) is 13.3. The van der Waals surface area contributed by atoms with Crippen molar-refractivity contribution in [3.63, 3.8) is 0 Å². The van der Waals surface area contributed by atoms with Crippen molar-refractivity contribution in [2.45, 2.75) is 41.1 Å². The van der Waals surface area contributed by atoms with E-state index in [-0.39, 0.29) is 21.8 Å². The minimum absolute atomic E-state index is 0.0945. The van der Waals surface area contributed by atoms with Gasteiger partial charge in [0.2, 0.25) is 9.84 Å². The predicted octanol–water partition coefficient (Wildman–Crippen LogP) is 3.90. The molecule has 0 fully saturated rings. The number of hydrogen-bond acceptors (Lipinski definition) is 8. The van der Waals surface area contributed by atoms with Gasteiger partial charge >= 0.3 is 0 Å². The number of hydrogen-bond donors (Lipinski definition) is 4. The molecule has 8 nitrogen and oxygen atoms in total. The Morgan fingerprint density at radius 1 is 0.946 bits per heavy atom. The first kappa shape index (κ1) is 26.1. The maximum atomic E-state index is 13.2. The molecule has 3 aromatic rings. The molecule has 3 aromatic carbocycles. The van der Waals surface area contributed by atoms with E-state index in [9.17, 15) is 24.0 Å². The van der Waals surface area contributed by atoms with Gasteiger partial charge in [-0.15, -0.1) is 0 Å². The molecule has 9 heteroatoms. The van der Waals surface area contributed by atoms with E-state index in [1.54, 1.807) is 48.5 Å². The van der Waals surface area contributed by atoms with Gasteiger partial charge in [0.15, 0.2) is 0 Å². The molecule has 188 valence electrons. The highest BCUT2D eigenvalue weighted by Gasteiger charge is 2.24. The smallest absolute Gasteiger partial charge is 0.206 e. The Balaban J connectivity index is 1.45. The molecule has 0 saturated heterocycles. The van der Waals surface area contributed by atoms with Crippen molar-refractivity contribution in [3.8, 4) is 12.1 Å². The van der Waals surface area contributed by atoms with Gasteiger partial charge in [-0.25, -0.2) is 8.42 Å². The fraction of sp³-hybridized carbons (Fsp3) is 0.214. The average Bonchev–Trinajstić information content (AvgIpc) is 2.93. The molecule has 0 spiro atoms. The lowest BCUT2D eigenvalue weighted by atomic mass is 9.91. The number of sulfone groups is 1. The Hall–Kier alpha value is -3.99. The highest BCUT2D eigenvalue weighted by atomic mass is 32.2. The number of rotatable bonds is 8. The third-order valence-electron chi connectivity index (χ3n) is 6.36. The van der Waals surface area contributed by atoms with E-state index in [2.05, 4.69) is 22.8 Å². The standard InChI is InChI=1S/C28H27N5O3S/c29-17-21-5-1-3-7-25(21)32-27(31)19-9-13-23(14-10-19)37(35,36)24-15-11-20(12-16-24)28(34)33-26-8-4-2-6-22(26)18-30/h1-3,5-7,9-16,22,26-28,32-34H,4,8,31H2. The van der Waals surface area contributed by atoms with E-state index < -0.39 is 22.2 Å². The molecule has 1 aliphatic rings. The number of para-hydroxylation sites is 1. The molecule has 0 amide bonds. The lowest BCUT2D eigenvalue weighted by Crippen LogP contribution is -2.38. The van der Waals surface area contributed by atoms with Crippen LogP contribution in [0, 0.1) is 28.6 Å². The first-order chi connectivity index (χ1) is 17.8. The molecule has 0 radical (unpaired) electrons. The van der Waals surface area contributed by atoms with Gasteiger partial charge < -0.3 is 16.2 Å². The van der Waals surface area contributed by atoms with Gasteiger partial charge in [0.25, 0.3) is 0 Å². The number of nitrogens with zero attached hydrogens (tertiary/aromatic N) is 2. The van der Waals surface area contributed by atoms with Crippen LogP contribution < -0.4 is 16.4 Å². The fourth-order valence-electron chi connectivity index (χ4n) is 4.23. The summed E-state index contributed by atoms with van der Waals surface area (Å²) in [5.41, 5.74) is 8.45. The van der Waals surface area contributed by atoms with Gasteiger partial charge in [-0.2, -0.15) is 10.5 Å². The van der Waals surface area contributed by atoms with Crippen molar-refractivity contribution in [3.05, 3.63) is 102 Å². The number of benzene rings is 3. The van der Waals surface area contributed by atoms with Crippen LogP contribution >= 0.6 is 0 Å². The summed E-state index contributed by atoms with van der Waals surface area (Å²) in [6.45, 7) is 0. The number of nitriles is 2. The Bertz CT molecular complexity index is 1460. The number of allylic oxidation sites excluding steroid dienone is 1. The van der Waals surface area contributed by atoms with Gasteiger partial charge in [-0.05, 0) is 60.4 Å². The highest BCUT2D eigenvalue weighted by molar-refractivity contribution is 7.91. The molecule has 0 heterocycles. The third-order valence-corrected chi connectivity index (χ3v) is 8.14. The molecular weight excluding hydrogens is 486 g/mol. The van der Waals surface area contributed by atoms with Crippen LogP contribution in [0.15, 0.2) is 94.7 Å². The lowest BCUT2D eigenvalue weighted by molar-refractivity contribution is 0.115. The zero-order valence-corrected chi connectivity index (χ0v) is 20.8. The molecule has 0 aromatic heterocycles. The van der Waals surface area contributed by atoms with Gasteiger partial charge in [0, 0.05) is 6.04 Å². The van der Waals surface area contributed by atoms with Crippen molar-refractivity contribution in [1.29, 1.82) is 10.5 Å². The van der Waals surface area contributed by atoms with Crippen LogP contribution in [0.5, 0.6) is 0 Å². The monoisotopic (exact) mass is 513 g/mol. The summed E-state index contributed by atoms with van der Waals surface area (Å²) in [6.07, 6.45) is 3.69. The Morgan fingerprint density at radius 3 is 2.19 bits per heavy atom. The minimum atomic E-state index is -3.79. The SMILES string of the molecule is N#Cc1ccccc1NC(N)c1ccc(S(=O)(=O)c2ccc(C(O)NC3CCC=CC3C#N)cc2)cc1. The van der Waals surface area contributed by atoms with E-state index in [1.807, 2.05) is 12.2 Å². The number of nitrogens with two attached hydrogens (primary N) is 1. The van der Waals surface area contributed by atoms with Crippen LogP contribution in [0.1, 0.15) is 41.9 Å². The van der Waals surface area contributed by atoms with Crippen molar-refractivity contribution < 1.29 is 13.5 Å². The van der Waals surface area contributed by atoms with Gasteiger partial charge in [0.1, 0.15) is 18.5 Å². The van der Waals surface area contributed by atoms with Crippen molar-refractivity contribution in [1.82, 2.24) is 5.32 Å². The maximum Gasteiger partial charge on any atom is 0.206 e. The zero-order valence-electron chi connectivity index (χ0n) is 20.0. The quantitative estimate of drug-likeness (QED) is 0.261. The third kappa shape index (κ3) is 5.88. The van der Waals surface area contributed by atoms with Crippen molar-refractivity contribution in [2.75, 3.05) is 5.32 Å². The molecule has 0 saturated carbocycles. The highest BCUT2D eigenvalue weighted by Crippen LogP contribution is 2.26. The van der Waals surface area contributed by atoms with Gasteiger partial charge in [0.05, 0.1) is 33.0 Å². The van der Waals surface area contributed by atoms with Crippen LogP contribution in [0.3, 0.4) is 0 Å². The van der Waals surface area contributed by atoms with Crippen LogP contribution in [0.25, 0.3) is 0 Å². The second-order valence-corrected chi connectivity index (χ2v) is 10.7. The van der Waals surface area contributed by atoms with E-state index in [1.165, 1.54) is 24.3 Å². The Kier molecular flexibility index (Phi) is 8.02. The van der Waals surface area contributed by atoms with E-state index in [0.717, 1.165) is 12.8 Å². The van der Waals surface area contributed by atoms with E-state index in [0.29, 0.717) is 22.4 Å².